The fraction of sp³-hybridized carbons (Fsp3) is 1.00. The molecule has 1 N–H and O–H groups in total. The Morgan fingerprint density at radius 2 is 2.13 bits per heavy atom. The Kier molecular flexibility index (Phi) is 4.00. The zero-order chi connectivity index (χ0) is 10.7. The summed E-state index contributed by atoms with van der Waals surface area (Å²) in [5.41, 5.74) is 0. The van der Waals surface area contributed by atoms with Crippen molar-refractivity contribution in [2.45, 2.75) is 37.8 Å². The van der Waals surface area contributed by atoms with Crippen LogP contribution < -0.4 is 5.32 Å². The molecule has 0 aromatic rings. The van der Waals surface area contributed by atoms with E-state index < -0.39 is 0 Å². The SMILES string of the molecule is CNCCCN(C)C1CCN(C2CC2)C1. The maximum absolute atomic E-state index is 3.21. The number of likely N-dealkylation sites (tertiary alicyclic amines) is 1. The molecule has 0 aromatic carbocycles. The van der Waals surface area contributed by atoms with Crippen LogP contribution in [-0.2, 0) is 0 Å². The van der Waals surface area contributed by atoms with E-state index in [1.165, 1.54) is 45.3 Å². The Morgan fingerprint density at radius 3 is 2.80 bits per heavy atom. The molecule has 3 heteroatoms. The molecular formula is C12H25N3. The predicted octanol–water partition coefficient (Wildman–Crippen LogP) is 0.764. The largest absolute Gasteiger partial charge is 0.320 e. The monoisotopic (exact) mass is 211 g/mol. The zero-order valence-electron chi connectivity index (χ0n) is 10.2. The Morgan fingerprint density at radius 1 is 1.33 bits per heavy atom. The van der Waals surface area contributed by atoms with E-state index in [0.717, 1.165) is 18.6 Å². The van der Waals surface area contributed by atoms with Crippen LogP contribution in [0, 0.1) is 0 Å². The maximum atomic E-state index is 3.21. The predicted molar refractivity (Wildman–Crippen MR) is 64.2 cm³/mol. The minimum Gasteiger partial charge on any atom is -0.320 e. The van der Waals surface area contributed by atoms with Crippen molar-refractivity contribution in [1.82, 2.24) is 15.1 Å². The van der Waals surface area contributed by atoms with E-state index >= 15 is 0 Å². The number of hydrogen-bond acceptors (Lipinski definition) is 3. The molecule has 0 bridgehead atoms. The number of nitrogens with one attached hydrogen (secondary N) is 1. The third-order valence-corrected chi connectivity index (χ3v) is 3.82. The lowest BCUT2D eigenvalue weighted by molar-refractivity contribution is 0.227. The highest BCUT2D eigenvalue weighted by atomic mass is 15.3. The molecule has 2 rings (SSSR count). The second-order valence-electron chi connectivity index (χ2n) is 5.11. The van der Waals surface area contributed by atoms with E-state index in [1.54, 1.807) is 0 Å². The van der Waals surface area contributed by atoms with Gasteiger partial charge >= 0.3 is 0 Å². The summed E-state index contributed by atoms with van der Waals surface area (Å²) in [6.07, 6.45) is 5.56. The molecule has 2 aliphatic rings. The molecule has 1 saturated carbocycles. The number of nitrogens with zero attached hydrogens (tertiary/aromatic N) is 2. The van der Waals surface area contributed by atoms with Gasteiger partial charge in [-0.3, -0.25) is 4.90 Å². The Balaban J connectivity index is 1.65. The summed E-state index contributed by atoms with van der Waals surface area (Å²) >= 11 is 0. The first-order valence-corrected chi connectivity index (χ1v) is 6.40. The Bertz CT molecular complexity index is 191. The van der Waals surface area contributed by atoms with Crippen molar-refractivity contribution in [3.63, 3.8) is 0 Å². The highest BCUT2D eigenvalue weighted by molar-refractivity contribution is 4.92. The van der Waals surface area contributed by atoms with Crippen molar-refractivity contribution >= 4 is 0 Å². The number of hydrogen-bond donors (Lipinski definition) is 1. The molecule has 1 heterocycles. The lowest BCUT2D eigenvalue weighted by atomic mass is 10.2. The number of rotatable bonds is 6. The van der Waals surface area contributed by atoms with E-state index in [0.29, 0.717) is 0 Å². The van der Waals surface area contributed by atoms with Crippen molar-refractivity contribution < 1.29 is 0 Å². The molecule has 1 aliphatic heterocycles. The average Bonchev–Trinajstić information content (AvgIpc) is 2.97. The first-order chi connectivity index (χ1) is 7.31. The summed E-state index contributed by atoms with van der Waals surface area (Å²) in [7, 11) is 4.32. The van der Waals surface area contributed by atoms with Gasteiger partial charge in [0.1, 0.15) is 0 Å². The Labute approximate surface area is 93.8 Å². The van der Waals surface area contributed by atoms with Crippen LogP contribution in [-0.4, -0.2) is 62.2 Å². The topological polar surface area (TPSA) is 18.5 Å². The van der Waals surface area contributed by atoms with Crippen molar-refractivity contribution in [3.8, 4) is 0 Å². The summed E-state index contributed by atoms with van der Waals surface area (Å²) in [6.45, 7) is 5.04. The second-order valence-corrected chi connectivity index (χ2v) is 5.11. The minimum absolute atomic E-state index is 0.822. The van der Waals surface area contributed by atoms with E-state index in [-0.39, 0.29) is 0 Å². The zero-order valence-corrected chi connectivity index (χ0v) is 10.2. The first-order valence-electron chi connectivity index (χ1n) is 6.40. The number of likely N-dealkylation sites (N-methyl/N-ethyl adjacent to an activating group) is 1. The molecule has 0 amide bonds. The van der Waals surface area contributed by atoms with Crippen LogP contribution in [0.15, 0.2) is 0 Å². The van der Waals surface area contributed by atoms with Gasteiger partial charge in [0.2, 0.25) is 0 Å². The van der Waals surface area contributed by atoms with Gasteiger partial charge in [-0.05, 0) is 52.9 Å². The van der Waals surface area contributed by atoms with Gasteiger partial charge in [0.25, 0.3) is 0 Å². The van der Waals surface area contributed by atoms with Crippen LogP contribution in [0.3, 0.4) is 0 Å². The highest BCUT2D eigenvalue weighted by Crippen LogP contribution is 2.30. The molecule has 88 valence electrons. The summed E-state index contributed by atoms with van der Waals surface area (Å²) in [6, 6.07) is 1.78. The van der Waals surface area contributed by atoms with E-state index in [2.05, 4.69) is 22.2 Å². The van der Waals surface area contributed by atoms with Gasteiger partial charge in [0.05, 0.1) is 0 Å². The standard InChI is InChI=1S/C12H25N3/c1-13-7-3-8-14(2)12-6-9-15(10-12)11-4-5-11/h11-13H,3-10H2,1-2H3. The van der Waals surface area contributed by atoms with Gasteiger partial charge in [0.15, 0.2) is 0 Å². The molecule has 2 fully saturated rings. The molecule has 0 radical (unpaired) electrons. The highest BCUT2D eigenvalue weighted by Gasteiger charge is 2.35. The molecule has 3 nitrogen and oxygen atoms in total. The van der Waals surface area contributed by atoms with Gasteiger partial charge in [-0.15, -0.1) is 0 Å². The van der Waals surface area contributed by atoms with E-state index in [1.807, 2.05) is 7.05 Å². The fourth-order valence-electron chi connectivity index (χ4n) is 2.59. The summed E-state index contributed by atoms with van der Waals surface area (Å²) < 4.78 is 0. The molecule has 0 aromatic heterocycles. The molecule has 1 aliphatic carbocycles. The van der Waals surface area contributed by atoms with Gasteiger partial charge in [-0.25, -0.2) is 0 Å². The summed E-state index contributed by atoms with van der Waals surface area (Å²) in [5, 5.41) is 3.21. The van der Waals surface area contributed by atoms with Crippen LogP contribution in [0.25, 0.3) is 0 Å². The molecule has 1 unspecified atom stereocenters. The van der Waals surface area contributed by atoms with E-state index in [9.17, 15) is 0 Å². The van der Waals surface area contributed by atoms with Gasteiger partial charge in [-0.2, -0.15) is 0 Å². The van der Waals surface area contributed by atoms with Gasteiger partial charge < -0.3 is 10.2 Å². The van der Waals surface area contributed by atoms with Crippen LogP contribution in [0.1, 0.15) is 25.7 Å². The second kappa shape index (κ2) is 5.28. The molecular weight excluding hydrogens is 186 g/mol. The normalized spacial score (nSPS) is 27.8. The van der Waals surface area contributed by atoms with Crippen molar-refractivity contribution in [1.29, 1.82) is 0 Å². The van der Waals surface area contributed by atoms with Gasteiger partial charge in [-0.1, -0.05) is 0 Å². The molecule has 1 atom stereocenters. The van der Waals surface area contributed by atoms with Crippen molar-refractivity contribution in [3.05, 3.63) is 0 Å². The van der Waals surface area contributed by atoms with Gasteiger partial charge in [0, 0.05) is 25.2 Å². The smallest absolute Gasteiger partial charge is 0.0232 e. The fourth-order valence-corrected chi connectivity index (χ4v) is 2.59. The lowest BCUT2D eigenvalue weighted by Gasteiger charge is -2.24. The quantitative estimate of drug-likeness (QED) is 0.655. The third kappa shape index (κ3) is 3.16. The van der Waals surface area contributed by atoms with Crippen molar-refractivity contribution in [2.75, 3.05) is 40.3 Å². The van der Waals surface area contributed by atoms with Crippen LogP contribution in [0.5, 0.6) is 0 Å². The summed E-state index contributed by atoms with van der Waals surface area (Å²) in [4.78, 5) is 5.25. The van der Waals surface area contributed by atoms with Crippen LogP contribution >= 0.6 is 0 Å². The minimum atomic E-state index is 0.822. The Hall–Kier alpha value is -0.120. The molecule has 1 saturated heterocycles. The third-order valence-electron chi connectivity index (χ3n) is 3.82. The molecule has 15 heavy (non-hydrogen) atoms. The first kappa shape index (κ1) is 11.4. The molecule has 0 spiro atoms. The maximum Gasteiger partial charge on any atom is 0.0232 e. The van der Waals surface area contributed by atoms with E-state index in [4.69, 9.17) is 0 Å². The van der Waals surface area contributed by atoms with Crippen LogP contribution in [0.4, 0.5) is 0 Å². The van der Waals surface area contributed by atoms with Crippen LogP contribution in [0.2, 0.25) is 0 Å². The average molecular weight is 211 g/mol. The van der Waals surface area contributed by atoms with Crippen molar-refractivity contribution in [2.24, 2.45) is 0 Å². The summed E-state index contributed by atoms with van der Waals surface area (Å²) in [5.74, 6) is 0. The lowest BCUT2D eigenvalue weighted by Crippen LogP contribution is -2.36.